The zero-order valence-electron chi connectivity index (χ0n) is 14.0. The number of unbranched alkanes of at least 4 members (excludes halogenated alkanes) is 4. The number of para-hydroxylation sites is 1. The summed E-state index contributed by atoms with van der Waals surface area (Å²) in [5, 5.41) is 12.5. The van der Waals surface area contributed by atoms with Crippen LogP contribution < -0.4 is 5.32 Å². The van der Waals surface area contributed by atoms with Crippen LogP contribution in [0.3, 0.4) is 0 Å². The molecule has 0 spiro atoms. The maximum Gasteiger partial charge on any atom is 0.303 e. The van der Waals surface area contributed by atoms with Crippen molar-refractivity contribution in [3.63, 3.8) is 0 Å². The summed E-state index contributed by atoms with van der Waals surface area (Å²) in [7, 11) is 0. The van der Waals surface area contributed by atoms with Crippen LogP contribution in [0.25, 0.3) is 10.9 Å². The van der Waals surface area contributed by atoms with Crippen LogP contribution in [-0.4, -0.2) is 28.5 Å². The summed E-state index contributed by atoms with van der Waals surface area (Å²) < 4.78 is 0. The predicted molar refractivity (Wildman–Crippen MR) is 94.2 cm³/mol. The third-order valence-electron chi connectivity index (χ3n) is 3.96. The van der Waals surface area contributed by atoms with E-state index in [-0.39, 0.29) is 12.3 Å². The van der Waals surface area contributed by atoms with Crippen molar-refractivity contribution in [1.82, 2.24) is 10.3 Å². The van der Waals surface area contributed by atoms with Crippen molar-refractivity contribution >= 4 is 22.8 Å². The Morgan fingerprint density at radius 3 is 2.58 bits per heavy atom. The van der Waals surface area contributed by atoms with Crippen molar-refractivity contribution in [2.24, 2.45) is 0 Å². The van der Waals surface area contributed by atoms with Gasteiger partial charge in [0.25, 0.3) is 5.91 Å². The largest absolute Gasteiger partial charge is 0.481 e. The molecule has 0 bridgehead atoms. The van der Waals surface area contributed by atoms with E-state index in [9.17, 15) is 9.59 Å². The second-order valence-electron chi connectivity index (χ2n) is 6.00. The van der Waals surface area contributed by atoms with Gasteiger partial charge in [-0.25, -0.2) is 0 Å². The Morgan fingerprint density at radius 2 is 1.79 bits per heavy atom. The molecule has 24 heavy (non-hydrogen) atoms. The first kappa shape index (κ1) is 17.9. The number of aromatic nitrogens is 1. The van der Waals surface area contributed by atoms with Crippen LogP contribution in [0.1, 0.15) is 54.6 Å². The van der Waals surface area contributed by atoms with Crippen molar-refractivity contribution in [2.45, 2.75) is 45.4 Å². The maximum absolute atomic E-state index is 12.4. The van der Waals surface area contributed by atoms with Crippen molar-refractivity contribution < 1.29 is 14.7 Å². The van der Waals surface area contributed by atoms with E-state index in [1.54, 1.807) is 6.07 Å². The van der Waals surface area contributed by atoms with Crippen LogP contribution in [0.15, 0.2) is 30.3 Å². The summed E-state index contributed by atoms with van der Waals surface area (Å²) in [6.07, 6.45) is 4.78. The topological polar surface area (TPSA) is 79.3 Å². The average Bonchev–Trinajstić information content (AvgIpc) is 2.56. The highest BCUT2D eigenvalue weighted by molar-refractivity contribution is 6.05. The number of nitrogens with one attached hydrogen (secondary N) is 1. The van der Waals surface area contributed by atoms with Crippen LogP contribution in [0.4, 0.5) is 0 Å². The van der Waals surface area contributed by atoms with Crippen LogP contribution in [0.2, 0.25) is 0 Å². The van der Waals surface area contributed by atoms with E-state index in [1.807, 2.05) is 31.2 Å². The first-order valence-corrected chi connectivity index (χ1v) is 8.44. The molecule has 0 saturated carbocycles. The molecule has 0 saturated heterocycles. The molecule has 5 nitrogen and oxygen atoms in total. The number of aliphatic carboxylic acids is 1. The van der Waals surface area contributed by atoms with Crippen molar-refractivity contribution in [1.29, 1.82) is 0 Å². The van der Waals surface area contributed by atoms with E-state index in [0.717, 1.165) is 48.7 Å². The highest BCUT2D eigenvalue weighted by Gasteiger charge is 2.10. The molecule has 0 aliphatic heterocycles. The van der Waals surface area contributed by atoms with Crippen molar-refractivity contribution in [2.75, 3.05) is 6.54 Å². The first-order valence-electron chi connectivity index (χ1n) is 8.44. The molecule has 1 amide bonds. The molecule has 0 atom stereocenters. The fraction of sp³-hybridized carbons (Fsp3) is 0.421. The monoisotopic (exact) mass is 328 g/mol. The zero-order valence-corrected chi connectivity index (χ0v) is 14.0. The van der Waals surface area contributed by atoms with Gasteiger partial charge >= 0.3 is 5.97 Å². The zero-order chi connectivity index (χ0) is 17.4. The Morgan fingerprint density at radius 1 is 1.04 bits per heavy atom. The molecule has 1 aromatic carbocycles. The van der Waals surface area contributed by atoms with Crippen LogP contribution in [-0.2, 0) is 4.79 Å². The second kappa shape index (κ2) is 9.01. The standard InChI is InChI=1S/C19H24N2O3/c1-14-11-12-15-8-7-9-16(18(15)21-14)19(24)20-13-6-4-2-3-5-10-17(22)23/h7-9,11-12H,2-6,10,13H2,1H3,(H,20,24)(H,22,23). The summed E-state index contributed by atoms with van der Waals surface area (Å²) in [6, 6.07) is 9.54. The van der Waals surface area contributed by atoms with Gasteiger partial charge < -0.3 is 10.4 Å². The highest BCUT2D eigenvalue weighted by Crippen LogP contribution is 2.17. The third kappa shape index (κ3) is 5.33. The Labute approximate surface area is 142 Å². The van der Waals surface area contributed by atoms with Gasteiger partial charge in [-0.05, 0) is 31.9 Å². The Hall–Kier alpha value is -2.43. The Balaban J connectivity index is 1.77. The van der Waals surface area contributed by atoms with Gasteiger partial charge in [0.05, 0.1) is 11.1 Å². The predicted octanol–water partition coefficient (Wildman–Crippen LogP) is 3.70. The van der Waals surface area contributed by atoms with Crippen LogP contribution in [0.5, 0.6) is 0 Å². The molecule has 0 aliphatic carbocycles. The smallest absolute Gasteiger partial charge is 0.303 e. The summed E-state index contributed by atoms with van der Waals surface area (Å²) in [5.41, 5.74) is 2.24. The highest BCUT2D eigenvalue weighted by atomic mass is 16.4. The number of hydrogen-bond donors (Lipinski definition) is 2. The van der Waals surface area contributed by atoms with Gasteiger partial charge in [0.1, 0.15) is 0 Å². The molecular weight excluding hydrogens is 304 g/mol. The van der Waals surface area contributed by atoms with E-state index >= 15 is 0 Å². The SMILES string of the molecule is Cc1ccc2cccc(C(=O)NCCCCCCCC(=O)O)c2n1. The van der Waals surface area contributed by atoms with Crippen LogP contribution >= 0.6 is 0 Å². The molecule has 0 fully saturated rings. The number of aryl methyl sites for hydroxylation is 1. The fourth-order valence-electron chi connectivity index (χ4n) is 2.66. The number of carbonyl (C=O) groups is 2. The van der Waals surface area contributed by atoms with Gasteiger partial charge in [-0.1, -0.05) is 37.5 Å². The minimum atomic E-state index is -0.735. The van der Waals surface area contributed by atoms with E-state index in [4.69, 9.17) is 5.11 Å². The lowest BCUT2D eigenvalue weighted by Gasteiger charge is -2.08. The average molecular weight is 328 g/mol. The number of carboxylic acids is 1. The molecule has 5 heteroatoms. The van der Waals surface area contributed by atoms with Gasteiger partial charge in [-0.15, -0.1) is 0 Å². The number of carbonyl (C=O) groups excluding carboxylic acids is 1. The van der Waals surface area contributed by atoms with Crippen molar-refractivity contribution in [3.8, 4) is 0 Å². The fourth-order valence-corrected chi connectivity index (χ4v) is 2.66. The molecule has 2 aromatic rings. The molecular formula is C19H24N2O3. The van der Waals surface area contributed by atoms with Gasteiger partial charge in [0.15, 0.2) is 0 Å². The van der Waals surface area contributed by atoms with E-state index in [1.165, 1.54) is 0 Å². The van der Waals surface area contributed by atoms with E-state index in [2.05, 4.69) is 10.3 Å². The maximum atomic E-state index is 12.4. The number of rotatable bonds is 9. The molecule has 0 aliphatic rings. The lowest BCUT2D eigenvalue weighted by Crippen LogP contribution is -2.24. The minimum Gasteiger partial charge on any atom is -0.481 e. The second-order valence-corrected chi connectivity index (χ2v) is 6.00. The molecule has 2 rings (SSSR count). The molecule has 128 valence electrons. The van der Waals surface area contributed by atoms with Crippen LogP contribution in [0, 0.1) is 6.92 Å². The lowest BCUT2D eigenvalue weighted by atomic mass is 10.1. The molecule has 2 N–H and O–H groups in total. The number of carboxylic acid groups (broad SMARTS) is 1. The van der Waals surface area contributed by atoms with E-state index < -0.39 is 5.97 Å². The Bertz CT molecular complexity index is 713. The molecule has 0 unspecified atom stereocenters. The number of fused-ring (bicyclic) bond motifs is 1. The number of hydrogen-bond acceptors (Lipinski definition) is 3. The summed E-state index contributed by atoms with van der Waals surface area (Å²) >= 11 is 0. The number of amides is 1. The van der Waals surface area contributed by atoms with Gasteiger partial charge in [-0.3, -0.25) is 14.6 Å². The third-order valence-corrected chi connectivity index (χ3v) is 3.96. The summed E-state index contributed by atoms with van der Waals surface area (Å²) in [4.78, 5) is 27.2. The molecule has 1 heterocycles. The number of benzene rings is 1. The number of nitrogens with zero attached hydrogens (tertiary/aromatic N) is 1. The quantitative estimate of drug-likeness (QED) is 0.688. The lowest BCUT2D eigenvalue weighted by molar-refractivity contribution is -0.137. The van der Waals surface area contributed by atoms with Crippen molar-refractivity contribution in [3.05, 3.63) is 41.6 Å². The number of pyridine rings is 1. The Kier molecular flexibility index (Phi) is 6.73. The van der Waals surface area contributed by atoms with E-state index in [0.29, 0.717) is 12.1 Å². The van der Waals surface area contributed by atoms with Gasteiger partial charge in [0.2, 0.25) is 0 Å². The first-order chi connectivity index (χ1) is 11.6. The molecule has 1 aromatic heterocycles. The summed E-state index contributed by atoms with van der Waals surface area (Å²) in [5.74, 6) is -0.828. The normalized spacial score (nSPS) is 10.7. The molecule has 0 radical (unpaired) electrons. The van der Waals surface area contributed by atoms with Gasteiger partial charge in [-0.2, -0.15) is 0 Å². The van der Waals surface area contributed by atoms with Gasteiger partial charge in [0, 0.05) is 24.0 Å². The summed E-state index contributed by atoms with van der Waals surface area (Å²) in [6.45, 7) is 2.54. The minimum absolute atomic E-state index is 0.0930.